The Morgan fingerprint density at radius 3 is 1.05 bits per heavy atom. The monoisotopic (exact) mass is 839 g/mol. The van der Waals surface area contributed by atoms with Crippen molar-refractivity contribution in [1.82, 2.24) is 0 Å². The second kappa shape index (κ2) is 48.8. The molecule has 0 saturated heterocycles. The van der Waals surface area contributed by atoms with Crippen LogP contribution >= 0.6 is 0 Å². The zero-order valence-electron chi connectivity index (χ0n) is 39.5. The summed E-state index contributed by atoms with van der Waals surface area (Å²) in [6.07, 6.45) is 59.2. The molecule has 0 bridgehead atoms. The Bertz CT molecular complexity index is 1100. The first-order valence-corrected chi connectivity index (χ1v) is 25.3. The number of rotatable bonds is 45. The maximum Gasteiger partial charge on any atom is 0.306 e. The molecule has 60 heavy (non-hydrogen) atoms. The molecule has 346 valence electrons. The van der Waals surface area contributed by atoms with Crippen molar-refractivity contribution in [2.75, 3.05) is 13.2 Å². The molecule has 0 N–H and O–H groups in total. The van der Waals surface area contributed by atoms with Gasteiger partial charge >= 0.3 is 17.9 Å². The van der Waals surface area contributed by atoms with E-state index in [-0.39, 0.29) is 31.1 Å². The molecule has 0 fully saturated rings. The maximum atomic E-state index is 12.8. The lowest BCUT2D eigenvalue weighted by Crippen LogP contribution is -2.30. The first-order valence-electron chi connectivity index (χ1n) is 25.3. The Kier molecular flexibility index (Phi) is 46.4. The van der Waals surface area contributed by atoms with Gasteiger partial charge in [0.15, 0.2) is 6.10 Å². The van der Waals surface area contributed by atoms with Gasteiger partial charge < -0.3 is 14.2 Å². The van der Waals surface area contributed by atoms with Crippen LogP contribution in [0.25, 0.3) is 0 Å². The van der Waals surface area contributed by atoms with Crippen LogP contribution in [0.5, 0.6) is 0 Å². The summed E-state index contributed by atoms with van der Waals surface area (Å²) in [5, 5.41) is 0. The van der Waals surface area contributed by atoms with Crippen molar-refractivity contribution in [2.24, 2.45) is 0 Å². The third kappa shape index (κ3) is 46.2. The minimum Gasteiger partial charge on any atom is -0.462 e. The fourth-order valence-corrected chi connectivity index (χ4v) is 6.86. The molecule has 0 saturated carbocycles. The Labute approximate surface area is 370 Å². The summed E-state index contributed by atoms with van der Waals surface area (Å²) in [5.74, 6) is -0.917. The predicted molar refractivity (Wildman–Crippen MR) is 256 cm³/mol. The fourth-order valence-electron chi connectivity index (χ4n) is 6.86. The molecule has 0 rings (SSSR count). The van der Waals surface area contributed by atoms with Crippen molar-refractivity contribution in [2.45, 2.75) is 252 Å². The number of unbranched alkanes of at least 4 members (excludes halogenated alkanes) is 24. The van der Waals surface area contributed by atoms with Crippen LogP contribution in [-0.2, 0) is 28.6 Å². The van der Waals surface area contributed by atoms with E-state index >= 15 is 0 Å². The third-order valence-corrected chi connectivity index (χ3v) is 10.7. The van der Waals surface area contributed by atoms with Gasteiger partial charge in [0.1, 0.15) is 13.2 Å². The van der Waals surface area contributed by atoms with Gasteiger partial charge in [-0.05, 0) is 103 Å². The summed E-state index contributed by atoms with van der Waals surface area (Å²) >= 11 is 0. The molecular weight excluding hydrogens is 745 g/mol. The standard InChI is InChI=1S/C54H94O6/c1-4-7-10-13-16-19-22-24-25-26-27-28-29-31-32-35-38-41-44-47-53(56)59-50-51(49-58-52(55)46-43-40-37-34-21-18-15-12-9-6-3)60-54(57)48-45-42-39-36-33-30-23-20-17-14-11-8-5-2/h12,15-16,19-20,23-25,27-28,51H,4-11,13-14,17-18,21-22,26,29-50H2,1-3H3/b15-12-,19-16-,23-20-,25-24-,28-27-. The Morgan fingerprint density at radius 2 is 0.633 bits per heavy atom. The summed E-state index contributed by atoms with van der Waals surface area (Å²) in [5.41, 5.74) is 0. The van der Waals surface area contributed by atoms with Crippen molar-refractivity contribution < 1.29 is 28.6 Å². The van der Waals surface area contributed by atoms with E-state index in [1.165, 1.54) is 103 Å². The van der Waals surface area contributed by atoms with E-state index < -0.39 is 6.10 Å². The van der Waals surface area contributed by atoms with E-state index in [0.29, 0.717) is 19.3 Å². The molecule has 6 heteroatoms. The smallest absolute Gasteiger partial charge is 0.306 e. The summed E-state index contributed by atoms with van der Waals surface area (Å²) in [7, 11) is 0. The van der Waals surface area contributed by atoms with Crippen LogP contribution in [0, 0.1) is 0 Å². The van der Waals surface area contributed by atoms with E-state index in [0.717, 1.165) is 103 Å². The highest BCUT2D eigenvalue weighted by molar-refractivity contribution is 5.71. The van der Waals surface area contributed by atoms with Gasteiger partial charge in [-0.2, -0.15) is 0 Å². The minimum atomic E-state index is -0.785. The molecule has 6 nitrogen and oxygen atoms in total. The van der Waals surface area contributed by atoms with E-state index in [4.69, 9.17) is 14.2 Å². The number of ether oxygens (including phenoxy) is 3. The molecular formula is C54H94O6. The first-order chi connectivity index (χ1) is 29.5. The molecule has 0 amide bonds. The summed E-state index contributed by atoms with van der Waals surface area (Å²) in [4.78, 5) is 37.9. The lowest BCUT2D eigenvalue weighted by atomic mass is 10.1. The zero-order valence-corrected chi connectivity index (χ0v) is 39.5. The van der Waals surface area contributed by atoms with Crippen molar-refractivity contribution in [3.05, 3.63) is 60.8 Å². The number of allylic oxidation sites excluding steroid dienone is 10. The van der Waals surface area contributed by atoms with Crippen molar-refractivity contribution in [3.8, 4) is 0 Å². The van der Waals surface area contributed by atoms with Crippen molar-refractivity contribution in [3.63, 3.8) is 0 Å². The van der Waals surface area contributed by atoms with Crippen LogP contribution < -0.4 is 0 Å². The van der Waals surface area contributed by atoms with Gasteiger partial charge in [-0.15, -0.1) is 0 Å². The molecule has 0 heterocycles. The zero-order chi connectivity index (χ0) is 43.7. The van der Waals surface area contributed by atoms with Gasteiger partial charge in [0.25, 0.3) is 0 Å². The van der Waals surface area contributed by atoms with E-state index in [1.54, 1.807) is 0 Å². The molecule has 0 aliphatic carbocycles. The van der Waals surface area contributed by atoms with Crippen LogP contribution in [0.2, 0.25) is 0 Å². The summed E-state index contributed by atoms with van der Waals surface area (Å²) < 4.78 is 16.7. The molecule has 1 unspecified atom stereocenters. The average Bonchev–Trinajstić information content (AvgIpc) is 3.24. The molecule has 0 aliphatic rings. The Hall–Kier alpha value is -2.89. The summed E-state index contributed by atoms with van der Waals surface area (Å²) in [6.45, 7) is 6.51. The molecule has 0 aromatic rings. The highest BCUT2D eigenvalue weighted by Gasteiger charge is 2.19. The predicted octanol–water partition coefficient (Wildman–Crippen LogP) is 16.5. The first kappa shape index (κ1) is 57.1. The lowest BCUT2D eigenvalue weighted by molar-refractivity contribution is -0.167. The van der Waals surface area contributed by atoms with Crippen LogP contribution in [-0.4, -0.2) is 37.2 Å². The molecule has 0 spiro atoms. The number of esters is 3. The summed E-state index contributed by atoms with van der Waals surface area (Å²) in [6, 6.07) is 0. The number of carbonyl (C=O) groups is 3. The highest BCUT2D eigenvalue weighted by Crippen LogP contribution is 2.14. The quantitative estimate of drug-likeness (QED) is 0.0263. The molecule has 0 aliphatic heterocycles. The van der Waals surface area contributed by atoms with Gasteiger partial charge in [-0.3, -0.25) is 14.4 Å². The van der Waals surface area contributed by atoms with Crippen LogP contribution in [0.15, 0.2) is 60.8 Å². The number of hydrogen-bond acceptors (Lipinski definition) is 6. The largest absolute Gasteiger partial charge is 0.462 e. The van der Waals surface area contributed by atoms with Gasteiger partial charge in [0.05, 0.1) is 0 Å². The van der Waals surface area contributed by atoms with Gasteiger partial charge in [-0.1, -0.05) is 184 Å². The highest BCUT2D eigenvalue weighted by atomic mass is 16.6. The van der Waals surface area contributed by atoms with Gasteiger partial charge in [-0.25, -0.2) is 0 Å². The SMILES string of the molecule is CCC/C=C\CCCCCCCC(=O)OCC(COC(=O)CCCCCCCC/C=C\C/C=C\C/C=C\CCCCC)OC(=O)CCCCCCC/C=C\CCCCCC. The second-order valence-electron chi connectivity index (χ2n) is 16.7. The van der Waals surface area contributed by atoms with E-state index in [1.807, 2.05) is 0 Å². The van der Waals surface area contributed by atoms with Crippen LogP contribution in [0.3, 0.4) is 0 Å². The maximum absolute atomic E-state index is 12.8. The van der Waals surface area contributed by atoms with Crippen molar-refractivity contribution >= 4 is 17.9 Å². The Balaban J connectivity index is 4.36. The van der Waals surface area contributed by atoms with Gasteiger partial charge in [0.2, 0.25) is 0 Å². The molecule has 0 aromatic heterocycles. The van der Waals surface area contributed by atoms with Gasteiger partial charge in [0, 0.05) is 19.3 Å². The molecule has 1 atom stereocenters. The number of hydrogen-bond donors (Lipinski definition) is 0. The van der Waals surface area contributed by atoms with Crippen LogP contribution in [0.1, 0.15) is 245 Å². The lowest BCUT2D eigenvalue weighted by Gasteiger charge is -2.18. The minimum absolute atomic E-state index is 0.0865. The normalized spacial score (nSPS) is 12.5. The van der Waals surface area contributed by atoms with Crippen molar-refractivity contribution in [1.29, 1.82) is 0 Å². The fraction of sp³-hybridized carbons (Fsp3) is 0.759. The molecule has 0 radical (unpaired) electrons. The second-order valence-corrected chi connectivity index (χ2v) is 16.7. The average molecular weight is 839 g/mol. The molecule has 0 aromatic carbocycles. The van der Waals surface area contributed by atoms with Crippen LogP contribution in [0.4, 0.5) is 0 Å². The van der Waals surface area contributed by atoms with E-state index in [2.05, 4.69) is 81.5 Å². The topological polar surface area (TPSA) is 78.9 Å². The Morgan fingerprint density at radius 1 is 0.333 bits per heavy atom. The third-order valence-electron chi connectivity index (χ3n) is 10.7. The number of carbonyl (C=O) groups excluding carboxylic acids is 3. The van der Waals surface area contributed by atoms with E-state index in [9.17, 15) is 14.4 Å².